The van der Waals surface area contributed by atoms with E-state index in [1.165, 1.54) is 0 Å². The van der Waals surface area contributed by atoms with E-state index in [0.717, 1.165) is 29.3 Å². The summed E-state index contributed by atoms with van der Waals surface area (Å²) in [7, 11) is 0. The molecule has 1 atom stereocenters. The zero-order valence-corrected chi connectivity index (χ0v) is 13.3. The van der Waals surface area contributed by atoms with E-state index >= 15 is 0 Å². The number of amides is 1. The largest absolute Gasteiger partial charge is 0.481 e. The van der Waals surface area contributed by atoms with Crippen molar-refractivity contribution in [3.8, 4) is 0 Å². The van der Waals surface area contributed by atoms with Crippen LogP contribution in [-0.4, -0.2) is 39.5 Å². The van der Waals surface area contributed by atoms with Crippen molar-refractivity contribution in [2.75, 3.05) is 6.54 Å². The minimum absolute atomic E-state index is 0.0610. The van der Waals surface area contributed by atoms with Crippen molar-refractivity contribution in [3.63, 3.8) is 0 Å². The summed E-state index contributed by atoms with van der Waals surface area (Å²) in [5, 5.41) is 10.2. The number of aliphatic carboxylic acids is 1. The highest BCUT2D eigenvalue weighted by Crippen LogP contribution is 2.29. The lowest BCUT2D eigenvalue weighted by molar-refractivity contribution is -0.143. The molecule has 1 unspecified atom stereocenters. The van der Waals surface area contributed by atoms with Crippen LogP contribution in [-0.2, 0) is 16.0 Å². The number of fused-ring (bicyclic) bond motifs is 1. The van der Waals surface area contributed by atoms with Crippen LogP contribution in [0.1, 0.15) is 31.7 Å². The van der Waals surface area contributed by atoms with Crippen LogP contribution in [0, 0.1) is 5.92 Å². The van der Waals surface area contributed by atoms with E-state index < -0.39 is 11.9 Å². The number of aromatic nitrogens is 1. The number of aromatic amines is 1. The van der Waals surface area contributed by atoms with Gasteiger partial charge in [0, 0.05) is 36.1 Å². The number of para-hydroxylation sites is 1. The Balaban J connectivity index is 1.64. The van der Waals surface area contributed by atoms with Crippen LogP contribution in [0.2, 0.25) is 0 Å². The predicted molar refractivity (Wildman–Crippen MR) is 88.2 cm³/mol. The molecule has 1 heterocycles. The second-order valence-corrected chi connectivity index (χ2v) is 6.38. The van der Waals surface area contributed by atoms with Crippen molar-refractivity contribution in [2.24, 2.45) is 5.92 Å². The van der Waals surface area contributed by atoms with E-state index in [1.54, 1.807) is 11.8 Å². The molecule has 1 amide bonds. The molecule has 2 N–H and O–H groups in total. The highest BCUT2D eigenvalue weighted by Gasteiger charge is 2.34. The van der Waals surface area contributed by atoms with Crippen molar-refractivity contribution in [3.05, 3.63) is 36.0 Å². The maximum Gasteiger partial charge on any atom is 0.308 e. The van der Waals surface area contributed by atoms with Crippen molar-refractivity contribution in [1.29, 1.82) is 0 Å². The van der Waals surface area contributed by atoms with E-state index in [4.69, 9.17) is 5.11 Å². The summed E-state index contributed by atoms with van der Waals surface area (Å²) in [4.78, 5) is 28.6. The maximum absolute atomic E-state index is 12.5. The maximum atomic E-state index is 12.5. The first kappa shape index (κ1) is 15.6. The Kier molecular flexibility index (Phi) is 4.37. The molecule has 1 fully saturated rings. The number of H-pyrrole nitrogens is 1. The Labute approximate surface area is 135 Å². The fraction of sp³-hybridized carbons (Fsp3) is 0.444. The molecule has 1 aromatic heterocycles. The molecule has 1 saturated carbocycles. The van der Waals surface area contributed by atoms with Gasteiger partial charge in [-0.1, -0.05) is 25.1 Å². The molecule has 0 saturated heterocycles. The van der Waals surface area contributed by atoms with Gasteiger partial charge in [0.2, 0.25) is 5.91 Å². The molecule has 1 aliphatic carbocycles. The summed E-state index contributed by atoms with van der Waals surface area (Å²) in [5.74, 6) is -1.31. The van der Waals surface area contributed by atoms with Gasteiger partial charge in [-0.3, -0.25) is 9.59 Å². The van der Waals surface area contributed by atoms with E-state index in [-0.39, 0.29) is 11.9 Å². The van der Waals surface area contributed by atoms with Gasteiger partial charge in [0.25, 0.3) is 0 Å². The average molecular weight is 314 g/mol. The van der Waals surface area contributed by atoms with Crippen molar-refractivity contribution in [2.45, 2.75) is 38.6 Å². The Morgan fingerprint density at radius 1 is 1.35 bits per heavy atom. The van der Waals surface area contributed by atoms with Gasteiger partial charge in [0.15, 0.2) is 0 Å². The molecule has 0 aliphatic heterocycles. The number of nitrogens with one attached hydrogen (secondary N) is 1. The van der Waals surface area contributed by atoms with Crippen molar-refractivity contribution < 1.29 is 14.7 Å². The summed E-state index contributed by atoms with van der Waals surface area (Å²) >= 11 is 0. The number of benzene rings is 1. The minimum Gasteiger partial charge on any atom is -0.481 e. The normalized spacial score (nSPS) is 15.5. The van der Waals surface area contributed by atoms with E-state index in [9.17, 15) is 9.59 Å². The fourth-order valence-corrected chi connectivity index (χ4v) is 2.94. The highest BCUT2D eigenvalue weighted by atomic mass is 16.4. The Bertz CT molecular complexity index is 718. The number of hydrogen-bond acceptors (Lipinski definition) is 2. The molecule has 1 aromatic carbocycles. The van der Waals surface area contributed by atoms with Gasteiger partial charge in [0.05, 0.1) is 5.92 Å². The molecule has 0 radical (unpaired) electrons. The van der Waals surface area contributed by atoms with Gasteiger partial charge in [0.1, 0.15) is 0 Å². The van der Waals surface area contributed by atoms with Crippen LogP contribution in [0.15, 0.2) is 30.5 Å². The number of hydrogen-bond donors (Lipinski definition) is 2. The Morgan fingerprint density at radius 2 is 2.09 bits per heavy atom. The standard InChI is InChI=1S/C18H22N2O3/c1-12(18(22)23)11-20(14-7-8-14)17(21)9-6-13-10-19-16-5-3-2-4-15(13)16/h2-5,10,12,14,19H,6-9,11H2,1H3,(H,22,23). The molecule has 5 heteroatoms. The molecule has 2 aromatic rings. The van der Waals surface area contributed by atoms with Crippen molar-refractivity contribution >= 4 is 22.8 Å². The second-order valence-electron chi connectivity index (χ2n) is 6.38. The average Bonchev–Trinajstić information content (AvgIpc) is 3.30. The van der Waals surface area contributed by atoms with Gasteiger partial charge in [-0.15, -0.1) is 0 Å². The van der Waals surface area contributed by atoms with Gasteiger partial charge in [-0.05, 0) is 30.9 Å². The first-order chi connectivity index (χ1) is 11.1. The van der Waals surface area contributed by atoms with Crippen LogP contribution in [0.25, 0.3) is 10.9 Å². The summed E-state index contributed by atoms with van der Waals surface area (Å²) < 4.78 is 0. The highest BCUT2D eigenvalue weighted by molar-refractivity contribution is 5.84. The zero-order chi connectivity index (χ0) is 16.4. The minimum atomic E-state index is -0.847. The van der Waals surface area contributed by atoms with E-state index in [2.05, 4.69) is 11.1 Å². The summed E-state index contributed by atoms with van der Waals surface area (Å²) in [5.41, 5.74) is 2.21. The topological polar surface area (TPSA) is 73.4 Å². The molecular weight excluding hydrogens is 292 g/mol. The van der Waals surface area contributed by atoms with Gasteiger partial charge >= 0.3 is 5.97 Å². The van der Waals surface area contributed by atoms with E-state index in [1.807, 2.05) is 24.4 Å². The number of nitrogens with zero attached hydrogens (tertiary/aromatic N) is 1. The number of carboxylic acids is 1. The van der Waals surface area contributed by atoms with E-state index in [0.29, 0.717) is 19.4 Å². The number of carboxylic acid groups (broad SMARTS) is 1. The smallest absolute Gasteiger partial charge is 0.308 e. The lowest BCUT2D eigenvalue weighted by atomic mass is 10.1. The molecule has 0 bridgehead atoms. The number of carbonyl (C=O) groups excluding carboxylic acids is 1. The third kappa shape index (κ3) is 3.55. The SMILES string of the molecule is CC(CN(C(=O)CCc1c[nH]c2ccccc12)C1CC1)C(=O)O. The zero-order valence-electron chi connectivity index (χ0n) is 13.3. The predicted octanol–water partition coefficient (Wildman–Crippen LogP) is 2.81. The second kappa shape index (κ2) is 6.44. The summed E-state index contributed by atoms with van der Waals surface area (Å²) in [6.45, 7) is 1.97. The molecule has 122 valence electrons. The lowest BCUT2D eigenvalue weighted by Crippen LogP contribution is -2.38. The third-order valence-electron chi connectivity index (χ3n) is 4.48. The van der Waals surface area contributed by atoms with Crippen LogP contribution in [0.4, 0.5) is 0 Å². The van der Waals surface area contributed by atoms with Crippen LogP contribution in [0.5, 0.6) is 0 Å². The fourth-order valence-electron chi connectivity index (χ4n) is 2.94. The molecular formula is C18H22N2O3. The Hall–Kier alpha value is -2.30. The van der Waals surface area contributed by atoms with Gasteiger partial charge in [-0.25, -0.2) is 0 Å². The third-order valence-corrected chi connectivity index (χ3v) is 4.48. The number of carbonyl (C=O) groups is 2. The van der Waals surface area contributed by atoms with Gasteiger partial charge in [-0.2, -0.15) is 0 Å². The molecule has 0 spiro atoms. The first-order valence-electron chi connectivity index (χ1n) is 8.13. The van der Waals surface area contributed by atoms with Crippen LogP contribution >= 0.6 is 0 Å². The number of rotatable bonds is 7. The quantitative estimate of drug-likeness (QED) is 0.825. The Morgan fingerprint density at radius 3 is 2.78 bits per heavy atom. The summed E-state index contributed by atoms with van der Waals surface area (Å²) in [6.07, 6.45) is 5.04. The van der Waals surface area contributed by atoms with Crippen LogP contribution in [0.3, 0.4) is 0 Å². The van der Waals surface area contributed by atoms with Gasteiger partial charge < -0.3 is 15.0 Å². The molecule has 3 rings (SSSR count). The van der Waals surface area contributed by atoms with Crippen molar-refractivity contribution in [1.82, 2.24) is 9.88 Å². The molecule has 5 nitrogen and oxygen atoms in total. The molecule has 1 aliphatic rings. The number of aryl methyl sites for hydroxylation is 1. The van der Waals surface area contributed by atoms with Crippen LogP contribution < -0.4 is 0 Å². The lowest BCUT2D eigenvalue weighted by Gasteiger charge is -2.24. The first-order valence-corrected chi connectivity index (χ1v) is 8.13. The summed E-state index contributed by atoms with van der Waals surface area (Å²) in [6, 6.07) is 8.29. The monoisotopic (exact) mass is 314 g/mol. The molecule has 23 heavy (non-hydrogen) atoms.